The summed E-state index contributed by atoms with van der Waals surface area (Å²) in [7, 11) is 0. The molecule has 0 aliphatic carbocycles. The molecule has 106 valence electrons. The topological polar surface area (TPSA) is 21.3 Å². The maximum absolute atomic E-state index is 13.6. The molecule has 0 bridgehead atoms. The molecular weight excluding hydrogens is 277 g/mol. The van der Waals surface area contributed by atoms with Crippen molar-refractivity contribution in [2.24, 2.45) is 0 Å². The van der Waals surface area contributed by atoms with Gasteiger partial charge in [0.1, 0.15) is 11.6 Å². The summed E-state index contributed by atoms with van der Waals surface area (Å²) >= 11 is 5.96. The van der Waals surface area contributed by atoms with Crippen LogP contribution in [0.5, 0.6) is 5.75 Å². The smallest absolute Gasteiger partial charge is 0.147 e. The van der Waals surface area contributed by atoms with E-state index in [2.05, 4.69) is 12.2 Å². The molecule has 0 radical (unpaired) electrons. The van der Waals surface area contributed by atoms with Gasteiger partial charge in [0.05, 0.1) is 17.3 Å². The maximum Gasteiger partial charge on any atom is 0.147 e. The molecule has 0 aliphatic heterocycles. The maximum atomic E-state index is 13.6. The molecule has 0 fully saturated rings. The second-order valence-corrected chi connectivity index (χ2v) is 4.85. The first-order valence-electron chi connectivity index (χ1n) is 6.60. The monoisotopic (exact) mass is 293 g/mol. The van der Waals surface area contributed by atoms with E-state index >= 15 is 0 Å². The molecular formula is C16H17ClFNO. The first-order valence-corrected chi connectivity index (χ1v) is 6.98. The Morgan fingerprint density at radius 1 is 1.15 bits per heavy atom. The van der Waals surface area contributed by atoms with Crippen molar-refractivity contribution in [3.63, 3.8) is 0 Å². The molecule has 1 N–H and O–H groups in total. The minimum absolute atomic E-state index is 0.334. The lowest BCUT2D eigenvalue weighted by Gasteiger charge is -2.10. The number of hydrogen-bond donors (Lipinski definition) is 1. The third-order valence-electron chi connectivity index (χ3n) is 2.83. The SMILES string of the molecule is CCCOc1ccc(CNc2c(F)cccc2Cl)cc1. The number of hydrogen-bond acceptors (Lipinski definition) is 2. The number of rotatable bonds is 6. The van der Waals surface area contributed by atoms with Gasteiger partial charge >= 0.3 is 0 Å². The van der Waals surface area contributed by atoms with Crippen molar-refractivity contribution in [2.45, 2.75) is 19.9 Å². The molecule has 0 saturated heterocycles. The van der Waals surface area contributed by atoms with Gasteiger partial charge in [0.25, 0.3) is 0 Å². The summed E-state index contributed by atoms with van der Waals surface area (Å²) in [6.45, 7) is 3.29. The van der Waals surface area contributed by atoms with Crippen LogP contribution < -0.4 is 10.1 Å². The van der Waals surface area contributed by atoms with E-state index in [0.717, 1.165) is 17.7 Å². The molecule has 4 heteroatoms. The fourth-order valence-corrected chi connectivity index (χ4v) is 2.01. The molecule has 0 spiro atoms. The third-order valence-corrected chi connectivity index (χ3v) is 3.14. The van der Waals surface area contributed by atoms with Crippen molar-refractivity contribution >= 4 is 17.3 Å². The van der Waals surface area contributed by atoms with Gasteiger partial charge in [-0.25, -0.2) is 4.39 Å². The molecule has 0 amide bonds. The van der Waals surface area contributed by atoms with E-state index < -0.39 is 0 Å². The zero-order valence-electron chi connectivity index (χ0n) is 11.3. The molecule has 0 atom stereocenters. The van der Waals surface area contributed by atoms with Gasteiger partial charge in [-0.15, -0.1) is 0 Å². The van der Waals surface area contributed by atoms with Gasteiger partial charge in [0.2, 0.25) is 0 Å². The Morgan fingerprint density at radius 3 is 2.55 bits per heavy atom. The summed E-state index contributed by atoms with van der Waals surface area (Å²) in [6, 6.07) is 12.4. The number of anilines is 1. The van der Waals surface area contributed by atoms with Crippen LogP contribution >= 0.6 is 11.6 Å². The minimum atomic E-state index is -0.347. The molecule has 0 saturated carbocycles. The van der Waals surface area contributed by atoms with Crippen molar-refractivity contribution in [2.75, 3.05) is 11.9 Å². The largest absolute Gasteiger partial charge is 0.494 e. The van der Waals surface area contributed by atoms with Crippen LogP contribution in [-0.4, -0.2) is 6.61 Å². The van der Waals surface area contributed by atoms with Crippen LogP contribution in [0.3, 0.4) is 0 Å². The number of halogens is 2. The van der Waals surface area contributed by atoms with E-state index in [1.165, 1.54) is 6.07 Å². The molecule has 2 rings (SSSR count). The number of benzene rings is 2. The number of para-hydroxylation sites is 1. The van der Waals surface area contributed by atoms with Crippen LogP contribution in [0.4, 0.5) is 10.1 Å². The van der Waals surface area contributed by atoms with Gasteiger partial charge in [0.15, 0.2) is 0 Å². The summed E-state index contributed by atoms with van der Waals surface area (Å²) in [5.41, 5.74) is 1.37. The predicted molar refractivity (Wildman–Crippen MR) is 81.0 cm³/mol. The van der Waals surface area contributed by atoms with Gasteiger partial charge in [-0.2, -0.15) is 0 Å². The lowest BCUT2D eigenvalue weighted by atomic mass is 10.2. The molecule has 2 nitrogen and oxygen atoms in total. The minimum Gasteiger partial charge on any atom is -0.494 e. The highest BCUT2D eigenvalue weighted by molar-refractivity contribution is 6.33. The zero-order valence-corrected chi connectivity index (χ0v) is 12.1. The second kappa shape index (κ2) is 7.15. The molecule has 0 aromatic heterocycles. The molecule has 2 aromatic rings. The fraction of sp³-hybridized carbons (Fsp3) is 0.250. The molecule has 0 aliphatic rings. The summed E-state index contributed by atoms with van der Waals surface area (Å²) in [4.78, 5) is 0. The van der Waals surface area contributed by atoms with Crippen molar-refractivity contribution in [1.29, 1.82) is 0 Å². The highest BCUT2D eigenvalue weighted by Crippen LogP contribution is 2.25. The van der Waals surface area contributed by atoms with Gasteiger partial charge < -0.3 is 10.1 Å². The van der Waals surface area contributed by atoms with Crippen LogP contribution in [0.25, 0.3) is 0 Å². The second-order valence-electron chi connectivity index (χ2n) is 4.44. The number of ether oxygens (including phenoxy) is 1. The van der Waals surface area contributed by atoms with E-state index in [1.54, 1.807) is 12.1 Å². The summed E-state index contributed by atoms with van der Waals surface area (Å²) in [5.74, 6) is 0.500. The average Bonchev–Trinajstić information content (AvgIpc) is 2.46. The molecule has 0 heterocycles. The molecule has 20 heavy (non-hydrogen) atoms. The Kier molecular flexibility index (Phi) is 5.24. The zero-order chi connectivity index (χ0) is 14.4. The van der Waals surface area contributed by atoms with Gasteiger partial charge in [-0.1, -0.05) is 36.7 Å². The molecule has 2 aromatic carbocycles. The highest BCUT2D eigenvalue weighted by atomic mass is 35.5. The van der Waals surface area contributed by atoms with Crippen LogP contribution in [0, 0.1) is 5.82 Å². The summed E-state index contributed by atoms with van der Waals surface area (Å²) < 4.78 is 19.1. The Morgan fingerprint density at radius 2 is 1.90 bits per heavy atom. The average molecular weight is 294 g/mol. The standard InChI is InChI=1S/C16H17ClFNO/c1-2-10-20-13-8-6-12(7-9-13)11-19-16-14(17)4-3-5-15(16)18/h3-9,19H,2,10-11H2,1H3. The van der Waals surface area contributed by atoms with E-state index in [0.29, 0.717) is 23.9 Å². The van der Waals surface area contributed by atoms with Crippen molar-refractivity contribution in [1.82, 2.24) is 0 Å². The molecule has 0 unspecified atom stereocenters. The normalized spacial score (nSPS) is 10.3. The van der Waals surface area contributed by atoms with Crippen LogP contribution in [0.2, 0.25) is 5.02 Å². The first kappa shape index (κ1) is 14.7. The van der Waals surface area contributed by atoms with Crippen LogP contribution in [-0.2, 0) is 6.54 Å². The fourth-order valence-electron chi connectivity index (χ4n) is 1.78. The lowest BCUT2D eigenvalue weighted by molar-refractivity contribution is 0.317. The first-order chi connectivity index (χ1) is 9.70. The van der Waals surface area contributed by atoms with Gasteiger partial charge in [0, 0.05) is 6.54 Å². The Bertz CT molecular complexity index is 537. The van der Waals surface area contributed by atoms with Crippen LogP contribution in [0.15, 0.2) is 42.5 Å². The third kappa shape index (κ3) is 3.87. The van der Waals surface area contributed by atoms with Crippen molar-refractivity contribution in [3.05, 3.63) is 58.9 Å². The summed E-state index contributed by atoms with van der Waals surface area (Å²) in [5, 5.41) is 3.39. The lowest BCUT2D eigenvalue weighted by Crippen LogP contribution is -2.02. The predicted octanol–water partition coefficient (Wildman–Crippen LogP) is 4.88. The Balaban J connectivity index is 1.97. The quantitative estimate of drug-likeness (QED) is 0.819. The van der Waals surface area contributed by atoms with Crippen molar-refractivity contribution < 1.29 is 9.13 Å². The van der Waals surface area contributed by atoms with Crippen molar-refractivity contribution in [3.8, 4) is 5.75 Å². The van der Waals surface area contributed by atoms with E-state index in [9.17, 15) is 4.39 Å². The highest BCUT2D eigenvalue weighted by Gasteiger charge is 2.06. The van der Waals surface area contributed by atoms with E-state index in [4.69, 9.17) is 16.3 Å². The Hall–Kier alpha value is -1.74. The van der Waals surface area contributed by atoms with Crippen LogP contribution in [0.1, 0.15) is 18.9 Å². The van der Waals surface area contributed by atoms with Gasteiger partial charge in [-0.3, -0.25) is 0 Å². The van der Waals surface area contributed by atoms with Gasteiger partial charge in [-0.05, 0) is 36.2 Å². The van der Waals surface area contributed by atoms with E-state index in [1.807, 2.05) is 24.3 Å². The Labute approximate surface area is 123 Å². The van der Waals surface area contributed by atoms with E-state index in [-0.39, 0.29) is 5.82 Å². The number of nitrogens with one attached hydrogen (secondary N) is 1. The summed E-state index contributed by atoms with van der Waals surface area (Å²) in [6.07, 6.45) is 0.981.